The van der Waals surface area contributed by atoms with Crippen molar-refractivity contribution in [2.24, 2.45) is 5.92 Å². The first kappa shape index (κ1) is 32.8. The van der Waals surface area contributed by atoms with E-state index in [1.807, 2.05) is 68.4 Å². The molecule has 2 N–H and O–H groups in total. The number of ether oxygens (including phenoxy) is 2. The van der Waals surface area contributed by atoms with Gasteiger partial charge in [-0.1, -0.05) is 74.5 Å². The van der Waals surface area contributed by atoms with Gasteiger partial charge in [0.1, 0.15) is 30.0 Å². The molecule has 42 heavy (non-hydrogen) atoms. The Kier molecular flexibility index (Phi) is 11.3. The molecule has 0 aliphatic rings. The molecule has 9 heteroatoms. The van der Waals surface area contributed by atoms with Gasteiger partial charge in [-0.2, -0.15) is 4.72 Å². The van der Waals surface area contributed by atoms with E-state index >= 15 is 0 Å². The number of sulfonamides is 1. The molecule has 0 spiro atoms. The highest BCUT2D eigenvalue weighted by molar-refractivity contribution is 7.89. The van der Waals surface area contributed by atoms with Crippen LogP contribution in [0.2, 0.25) is 0 Å². The van der Waals surface area contributed by atoms with Crippen LogP contribution in [0.4, 0.5) is 0 Å². The third-order valence-corrected chi connectivity index (χ3v) is 7.96. The molecule has 0 radical (unpaired) electrons. The van der Waals surface area contributed by atoms with Gasteiger partial charge < -0.3 is 14.8 Å². The Morgan fingerprint density at radius 2 is 1.45 bits per heavy atom. The molecule has 226 valence electrons. The van der Waals surface area contributed by atoms with Crippen LogP contribution in [0.5, 0.6) is 5.75 Å². The molecule has 0 aromatic heterocycles. The molecule has 0 heterocycles. The second-order valence-electron chi connectivity index (χ2n) is 11.8. The molecule has 0 aliphatic heterocycles. The third kappa shape index (κ3) is 10.3. The Morgan fingerprint density at radius 3 is 2.05 bits per heavy atom. The molecule has 3 aromatic carbocycles. The van der Waals surface area contributed by atoms with E-state index in [9.17, 15) is 18.0 Å². The molecule has 0 saturated heterocycles. The fourth-order valence-corrected chi connectivity index (χ4v) is 5.78. The summed E-state index contributed by atoms with van der Waals surface area (Å²) in [7, 11) is -4.00. The Bertz CT molecular complexity index is 1430. The maximum absolute atomic E-state index is 13.6. The molecule has 1 amide bonds. The van der Waals surface area contributed by atoms with Crippen molar-refractivity contribution in [3.05, 3.63) is 95.6 Å². The van der Waals surface area contributed by atoms with Gasteiger partial charge in [-0.05, 0) is 74.9 Å². The lowest BCUT2D eigenvalue weighted by atomic mass is 10.0. The van der Waals surface area contributed by atoms with E-state index < -0.39 is 39.6 Å². The molecule has 3 aromatic rings. The third-order valence-electron chi connectivity index (χ3n) is 6.32. The topological polar surface area (TPSA) is 111 Å². The number of carbonyl (C=O) groups is 2. The number of benzene rings is 3. The van der Waals surface area contributed by atoms with E-state index in [1.54, 1.807) is 45.9 Å². The zero-order valence-electron chi connectivity index (χ0n) is 25.2. The van der Waals surface area contributed by atoms with Crippen molar-refractivity contribution in [2.45, 2.75) is 83.6 Å². The molecule has 0 fully saturated rings. The number of hydrogen-bond acceptors (Lipinski definition) is 6. The van der Waals surface area contributed by atoms with Crippen LogP contribution in [0.25, 0.3) is 0 Å². The van der Waals surface area contributed by atoms with Crippen LogP contribution in [0, 0.1) is 12.8 Å². The van der Waals surface area contributed by atoms with E-state index in [2.05, 4.69) is 10.0 Å². The predicted octanol–water partition coefficient (Wildman–Crippen LogP) is 5.34. The summed E-state index contributed by atoms with van der Waals surface area (Å²) in [6.45, 7) is 11.2. The Labute approximate surface area is 249 Å². The van der Waals surface area contributed by atoms with E-state index in [1.165, 1.54) is 6.07 Å². The van der Waals surface area contributed by atoms with Gasteiger partial charge in [-0.15, -0.1) is 0 Å². The van der Waals surface area contributed by atoms with Crippen molar-refractivity contribution in [1.82, 2.24) is 10.0 Å². The van der Waals surface area contributed by atoms with Crippen molar-refractivity contribution in [2.75, 3.05) is 0 Å². The highest BCUT2D eigenvalue weighted by Gasteiger charge is 2.32. The summed E-state index contributed by atoms with van der Waals surface area (Å²) in [4.78, 5) is 26.9. The second kappa shape index (κ2) is 14.5. The van der Waals surface area contributed by atoms with Gasteiger partial charge in [-0.3, -0.25) is 4.79 Å². The number of rotatable bonds is 13. The summed E-state index contributed by atoms with van der Waals surface area (Å²) >= 11 is 0. The zero-order chi connectivity index (χ0) is 30.9. The van der Waals surface area contributed by atoms with Crippen molar-refractivity contribution < 1.29 is 27.5 Å². The zero-order valence-corrected chi connectivity index (χ0v) is 26.0. The molecule has 0 unspecified atom stereocenters. The van der Waals surface area contributed by atoms with Crippen LogP contribution in [-0.2, 0) is 37.4 Å². The van der Waals surface area contributed by atoms with E-state index in [-0.39, 0.29) is 23.7 Å². The van der Waals surface area contributed by atoms with Gasteiger partial charge in [0.15, 0.2) is 0 Å². The lowest BCUT2D eigenvalue weighted by Crippen LogP contribution is -2.53. The maximum atomic E-state index is 13.6. The highest BCUT2D eigenvalue weighted by atomic mass is 32.2. The summed E-state index contributed by atoms with van der Waals surface area (Å²) in [6.07, 6.45) is 0.393. The van der Waals surface area contributed by atoms with Gasteiger partial charge in [0.2, 0.25) is 15.9 Å². The van der Waals surface area contributed by atoms with Crippen LogP contribution in [-0.4, -0.2) is 38.0 Å². The average molecular weight is 595 g/mol. The summed E-state index contributed by atoms with van der Waals surface area (Å²) in [5.41, 5.74) is 1.61. The lowest BCUT2D eigenvalue weighted by Gasteiger charge is -2.27. The molecule has 0 saturated carbocycles. The van der Waals surface area contributed by atoms with Crippen LogP contribution < -0.4 is 14.8 Å². The normalized spacial score (nSPS) is 13.3. The Balaban J connectivity index is 1.78. The second-order valence-corrected chi connectivity index (χ2v) is 13.5. The molecular formula is C33H42N2O6S. The minimum Gasteiger partial charge on any atom is -0.489 e. The fourth-order valence-electron chi connectivity index (χ4n) is 4.33. The van der Waals surface area contributed by atoms with Gasteiger partial charge in [0.05, 0.1) is 4.90 Å². The average Bonchev–Trinajstić information content (AvgIpc) is 2.91. The highest BCUT2D eigenvalue weighted by Crippen LogP contribution is 2.19. The first-order valence-corrected chi connectivity index (χ1v) is 15.6. The number of aryl methyl sites for hydroxylation is 1. The standard InChI is InChI=1S/C33H42N2O6S/c1-23(2)20-28(35-42(38,39)30-15-11-10-12-24(30)3)31(36)34-29(32(37)41-33(4,5)6)21-25-16-18-27(19-17-25)40-22-26-13-8-7-9-14-26/h7-19,23,28-29,35H,20-22H2,1-6H3,(H,34,36)/t28-,29-/m0/s1. The van der Waals surface area contributed by atoms with Crippen LogP contribution in [0.1, 0.15) is 57.7 Å². The molecule has 0 bridgehead atoms. The van der Waals surface area contributed by atoms with Gasteiger partial charge in [0.25, 0.3) is 0 Å². The Morgan fingerprint density at radius 1 is 0.833 bits per heavy atom. The van der Waals surface area contributed by atoms with Gasteiger partial charge in [-0.25, -0.2) is 13.2 Å². The first-order chi connectivity index (χ1) is 19.7. The SMILES string of the molecule is Cc1ccccc1S(=O)(=O)N[C@@H](CC(C)C)C(=O)N[C@@H](Cc1ccc(OCc2ccccc2)cc1)C(=O)OC(C)(C)C. The first-order valence-electron chi connectivity index (χ1n) is 14.1. The quantitative estimate of drug-likeness (QED) is 0.259. The van der Waals surface area contributed by atoms with E-state index in [0.717, 1.165) is 11.1 Å². The summed E-state index contributed by atoms with van der Waals surface area (Å²) in [5.74, 6) is -0.531. The Hall–Kier alpha value is -3.69. The monoisotopic (exact) mass is 594 g/mol. The van der Waals surface area contributed by atoms with E-state index in [0.29, 0.717) is 17.9 Å². The number of esters is 1. The molecular weight excluding hydrogens is 552 g/mol. The van der Waals surface area contributed by atoms with Crippen molar-refractivity contribution in [3.63, 3.8) is 0 Å². The van der Waals surface area contributed by atoms with Gasteiger partial charge in [0, 0.05) is 6.42 Å². The summed E-state index contributed by atoms with van der Waals surface area (Å²) in [5, 5.41) is 2.77. The van der Waals surface area contributed by atoms with Crippen LogP contribution in [0.15, 0.2) is 83.8 Å². The lowest BCUT2D eigenvalue weighted by molar-refractivity contribution is -0.158. The number of carbonyl (C=O) groups excluding carboxylic acids is 2. The summed E-state index contributed by atoms with van der Waals surface area (Å²) in [6, 6.07) is 21.5. The van der Waals surface area contributed by atoms with Crippen molar-refractivity contribution in [3.8, 4) is 5.75 Å². The van der Waals surface area contributed by atoms with Crippen molar-refractivity contribution >= 4 is 21.9 Å². The number of amides is 1. The number of hydrogen-bond donors (Lipinski definition) is 2. The molecule has 2 atom stereocenters. The van der Waals surface area contributed by atoms with Gasteiger partial charge >= 0.3 is 5.97 Å². The van der Waals surface area contributed by atoms with Crippen molar-refractivity contribution in [1.29, 1.82) is 0 Å². The number of nitrogens with one attached hydrogen (secondary N) is 2. The molecule has 3 rings (SSSR count). The minimum absolute atomic E-state index is 0.00345. The van der Waals surface area contributed by atoms with E-state index in [4.69, 9.17) is 9.47 Å². The largest absolute Gasteiger partial charge is 0.489 e. The molecule has 0 aliphatic carbocycles. The summed E-state index contributed by atoms with van der Waals surface area (Å²) < 4.78 is 40.5. The fraction of sp³-hybridized carbons (Fsp3) is 0.394. The predicted molar refractivity (Wildman–Crippen MR) is 163 cm³/mol. The van der Waals surface area contributed by atoms with Crippen LogP contribution >= 0.6 is 0 Å². The smallest absolute Gasteiger partial charge is 0.329 e. The van der Waals surface area contributed by atoms with Crippen LogP contribution in [0.3, 0.4) is 0 Å². The maximum Gasteiger partial charge on any atom is 0.329 e. The minimum atomic E-state index is -4.00. The molecule has 8 nitrogen and oxygen atoms in total.